The van der Waals surface area contributed by atoms with Crippen LogP contribution in [0.2, 0.25) is 0 Å². The maximum absolute atomic E-state index is 12.8. The van der Waals surface area contributed by atoms with Gasteiger partial charge in [0.2, 0.25) is 0 Å². The highest BCUT2D eigenvalue weighted by Gasteiger charge is 2.46. The molecule has 2 aromatic carbocycles. The van der Waals surface area contributed by atoms with Crippen molar-refractivity contribution in [3.63, 3.8) is 0 Å². The normalized spacial score (nSPS) is 14.2. The highest BCUT2D eigenvalue weighted by Crippen LogP contribution is 2.46. The molecule has 26 heavy (non-hydrogen) atoms. The van der Waals surface area contributed by atoms with E-state index in [-0.39, 0.29) is 24.3 Å². The third-order valence-electron chi connectivity index (χ3n) is 3.33. The number of halogens is 12. The Morgan fingerprint density at radius 2 is 0.500 bits per heavy atom. The fraction of sp³-hybridized carbons (Fsp3) is 0.286. The summed E-state index contributed by atoms with van der Waals surface area (Å²) in [5.74, 6) is 0. The van der Waals surface area contributed by atoms with E-state index in [1.807, 2.05) is 0 Å². The molecule has 0 atom stereocenters. The molecular formula is C14H4F12. The summed E-state index contributed by atoms with van der Waals surface area (Å²) in [6, 6.07) is -1.03. The summed E-state index contributed by atoms with van der Waals surface area (Å²) in [6.07, 6.45) is -22.3. The first-order valence-electron chi connectivity index (χ1n) is 6.33. The predicted octanol–water partition coefficient (Wildman–Crippen LogP) is 6.92. The van der Waals surface area contributed by atoms with Crippen molar-refractivity contribution in [2.75, 3.05) is 0 Å². The summed E-state index contributed by atoms with van der Waals surface area (Å²) in [4.78, 5) is 0. The van der Waals surface area contributed by atoms with Crippen molar-refractivity contribution in [3.05, 3.63) is 46.5 Å². The minimum absolute atomic E-state index is 0.256. The minimum atomic E-state index is -5.58. The van der Waals surface area contributed by atoms with Gasteiger partial charge < -0.3 is 0 Å². The van der Waals surface area contributed by atoms with E-state index >= 15 is 0 Å². The Bertz CT molecular complexity index is 695. The number of rotatable bonds is 0. The highest BCUT2D eigenvalue weighted by atomic mass is 19.4. The van der Waals surface area contributed by atoms with Gasteiger partial charge in [0, 0.05) is 0 Å². The average molecular weight is 400 g/mol. The number of hydrogen-bond acceptors (Lipinski definition) is 0. The molecule has 0 radical (unpaired) electrons. The molecule has 0 nitrogen and oxygen atoms in total. The molecule has 0 aliphatic carbocycles. The minimum Gasteiger partial charge on any atom is -0.166 e. The Kier molecular flexibility index (Phi) is 4.41. The van der Waals surface area contributed by atoms with Crippen LogP contribution in [-0.2, 0) is 24.7 Å². The van der Waals surface area contributed by atoms with E-state index in [0.717, 1.165) is 0 Å². The topological polar surface area (TPSA) is 0 Å². The monoisotopic (exact) mass is 400 g/mol. The lowest BCUT2D eigenvalue weighted by molar-refractivity contribution is -0.162. The highest BCUT2D eigenvalue weighted by molar-refractivity contribution is 5.86. The van der Waals surface area contributed by atoms with Crippen LogP contribution in [-0.4, -0.2) is 0 Å². The van der Waals surface area contributed by atoms with Crippen molar-refractivity contribution in [1.29, 1.82) is 0 Å². The van der Waals surface area contributed by atoms with Gasteiger partial charge in [0.25, 0.3) is 0 Å². The Morgan fingerprint density at radius 3 is 0.615 bits per heavy atom. The van der Waals surface area contributed by atoms with Crippen LogP contribution in [0.1, 0.15) is 22.3 Å². The van der Waals surface area contributed by atoms with E-state index in [1.165, 1.54) is 0 Å². The third-order valence-corrected chi connectivity index (χ3v) is 3.33. The van der Waals surface area contributed by atoms with Crippen molar-refractivity contribution >= 4 is 10.8 Å². The lowest BCUT2D eigenvalue weighted by Gasteiger charge is -2.19. The van der Waals surface area contributed by atoms with Crippen LogP contribution in [0.4, 0.5) is 52.7 Å². The summed E-state index contributed by atoms with van der Waals surface area (Å²) in [5.41, 5.74) is -9.20. The maximum Gasteiger partial charge on any atom is 0.417 e. The van der Waals surface area contributed by atoms with Gasteiger partial charge >= 0.3 is 24.7 Å². The Labute approximate surface area is 136 Å². The van der Waals surface area contributed by atoms with Gasteiger partial charge in [-0.1, -0.05) is 0 Å². The summed E-state index contributed by atoms with van der Waals surface area (Å²) >= 11 is 0. The lowest BCUT2D eigenvalue weighted by atomic mass is 9.95. The van der Waals surface area contributed by atoms with E-state index in [9.17, 15) is 52.7 Å². The third kappa shape index (κ3) is 3.83. The second-order valence-electron chi connectivity index (χ2n) is 5.13. The lowest BCUT2D eigenvalue weighted by Crippen LogP contribution is -2.18. The molecule has 0 heterocycles. The van der Waals surface area contributed by atoms with Crippen LogP contribution in [0.3, 0.4) is 0 Å². The molecule has 2 aromatic rings. The van der Waals surface area contributed by atoms with Crippen LogP contribution in [0.15, 0.2) is 24.3 Å². The molecule has 12 heteroatoms. The number of benzene rings is 2. The van der Waals surface area contributed by atoms with Gasteiger partial charge in [-0.05, 0) is 35.0 Å². The van der Waals surface area contributed by atoms with Gasteiger partial charge in [-0.15, -0.1) is 0 Å². The van der Waals surface area contributed by atoms with Gasteiger partial charge in [0.15, 0.2) is 0 Å². The maximum atomic E-state index is 12.8. The second kappa shape index (κ2) is 5.68. The molecule has 2 rings (SSSR count). The van der Waals surface area contributed by atoms with Crippen molar-refractivity contribution in [3.8, 4) is 0 Å². The van der Waals surface area contributed by atoms with Crippen LogP contribution >= 0.6 is 0 Å². The fourth-order valence-electron chi connectivity index (χ4n) is 2.29. The molecule has 0 aromatic heterocycles. The molecule has 0 unspecified atom stereocenters. The molecule has 0 aliphatic heterocycles. The summed E-state index contributed by atoms with van der Waals surface area (Å²) in [6.45, 7) is 0. The molecule has 144 valence electrons. The summed E-state index contributed by atoms with van der Waals surface area (Å²) in [7, 11) is 0. The van der Waals surface area contributed by atoms with Crippen molar-refractivity contribution in [2.45, 2.75) is 24.7 Å². The summed E-state index contributed by atoms with van der Waals surface area (Å²) < 4.78 is 154. The van der Waals surface area contributed by atoms with Crippen molar-refractivity contribution in [2.24, 2.45) is 0 Å². The van der Waals surface area contributed by atoms with Crippen LogP contribution in [0.5, 0.6) is 0 Å². The van der Waals surface area contributed by atoms with Gasteiger partial charge in [-0.3, -0.25) is 0 Å². The Morgan fingerprint density at radius 1 is 0.346 bits per heavy atom. The van der Waals surface area contributed by atoms with E-state index in [1.54, 1.807) is 0 Å². The molecule has 0 aliphatic rings. The molecule has 0 saturated carbocycles. The molecule has 0 N–H and O–H groups in total. The van der Waals surface area contributed by atoms with Crippen molar-refractivity contribution in [1.82, 2.24) is 0 Å². The zero-order valence-corrected chi connectivity index (χ0v) is 11.8. The average Bonchev–Trinajstić information content (AvgIpc) is 2.40. The van der Waals surface area contributed by atoms with Crippen LogP contribution in [0.25, 0.3) is 10.8 Å². The molecular weight excluding hydrogens is 396 g/mol. The predicted molar refractivity (Wildman–Crippen MR) is 64.0 cm³/mol. The summed E-state index contributed by atoms with van der Waals surface area (Å²) in [5, 5.41) is -2.13. The Balaban J connectivity index is 2.96. The van der Waals surface area contributed by atoms with Gasteiger partial charge in [0.05, 0.1) is 22.3 Å². The SMILES string of the molecule is FC(F)(F)c1cc2cc(C(F)(F)F)c(C(F)(F)F)cc2cc1C(F)(F)F. The first-order chi connectivity index (χ1) is 11.4. The number of alkyl halides is 12. The largest absolute Gasteiger partial charge is 0.417 e. The fourth-order valence-corrected chi connectivity index (χ4v) is 2.29. The van der Waals surface area contributed by atoms with Crippen LogP contribution in [0, 0.1) is 0 Å². The number of fused-ring (bicyclic) bond motifs is 1. The van der Waals surface area contributed by atoms with E-state index in [4.69, 9.17) is 0 Å². The smallest absolute Gasteiger partial charge is 0.166 e. The zero-order valence-electron chi connectivity index (χ0n) is 11.8. The van der Waals surface area contributed by atoms with Gasteiger partial charge in [-0.25, -0.2) is 0 Å². The van der Waals surface area contributed by atoms with Crippen molar-refractivity contribution < 1.29 is 52.7 Å². The molecule has 0 fully saturated rings. The Hall–Kier alpha value is -2.14. The molecule has 0 saturated heterocycles. The molecule has 0 amide bonds. The van der Waals surface area contributed by atoms with Gasteiger partial charge in [0.1, 0.15) is 0 Å². The second-order valence-corrected chi connectivity index (χ2v) is 5.13. The van der Waals surface area contributed by atoms with E-state index in [0.29, 0.717) is 0 Å². The van der Waals surface area contributed by atoms with Gasteiger partial charge in [-0.2, -0.15) is 52.7 Å². The zero-order chi connectivity index (χ0) is 20.3. The quantitative estimate of drug-likeness (QED) is 0.422. The first-order valence-corrected chi connectivity index (χ1v) is 6.33. The standard InChI is InChI=1S/C14H4F12/c15-11(16,17)7-1-5-2-9(13(21,22)23)10(14(24,25)26)4-6(5)3-8(7)12(18,19)20/h1-4H. The van der Waals surface area contributed by atoms with E-state index < -0.39 is 57.7 Å². The first kappa shape index (κ1) is 20.2. The number of hydrogen-bond donors (Lipinski definition) is 0. The molecule has 0 spiro atoms. The molecule has 0 bridgehead atoms. The van der Waals surface area contributed by atoms with Crippen LogP contribution < -0.4 is 0 Å². The van der Waals surface area contributed by atoms with E-state index in [2.05, 4.69) is 0 Å².